The van der Waals surface area contributed by atoms with Gasteiger partial charge in [0.05, 0.1) is 11.8 Å². The van der Waals surface area contributed by atoms with E-state index in [1.165, 1.54) is 0 Å². The first kappa shape index (κ1) is 20.0. The van der Waals surface area contributed by atoms with E-state index in [1.807, 2.05) is 71.6 Å². The predicted molar refractivity (Wildman–Crippen MR) is 115 cm³/mol. The SMILES string of the molecule is C#C[C@@H](OC(=O)[C@H]1CC=C[C@@H]2CCN(Cc3ccccc3)C(=O)[C@@H]21)c1ccccc1. The number of esters is 1. The van der Waals surface area contributed by atoms with Crippen LogP contribution >= 0.6 is 0 Å². The standard InChI is InChI=1S/C26H25NO3/c1-2-23(20-12-7-4-8-13-20)30-26(29)22-15-9-14-21-16-17-27(25(28)24(21)22)18-19-10-5-3-6-11-19/h1,3-14,21-24H,15-18H2/t21-,22+,23-,24+/m1/s1. The predicted octanol–water partition coefficient (Wildman–Crippen LogP) is 4.15. The largest absolute Gasteiger partial charge is 0.444 e. The summed E-state index contributed by atoms with van der Waals surface area (Å²) in [5.74, 6) is 1.35. The van der Waals surface area contributed by atoms with E-state index >= 15 is 0 Å². The second kappa shape index (κ2) is 9.00. The lowest BCUT2D eigenvalue weighted by Crippen LogP contribution is -2.50. The fourth-order valence-corrected chi connectivity index (χ4v) is 4.45. The fraction of sp³-hybridized carbons (Fsp3) is 0.308. The van der Waals surface area contributed by atoms with Gasteiger partial charge in [-0.15, -0.1) is 6.42 Å². The normalized spacial score (nSPS) is 23.9. The molecule has 0 spiro atoms. The average molecular weight is 399 g/mol. The molecule has 2 aromatic carbocycles. The second-order valence-corrected chi connectivity index (χ2v) is 7.89. The van der Waals surface area contributed by atoms with Gasteiger partial charge in [0.2, 0.25) is 5.91 Å². The van der Waals surface area contributed by atoms with Crippen molar-refractivity contribution in [2.24, 2.45) is 17.8 Å². The van der Waals surface area contributed by atoms with E-state index in [9.17, 15) is 9.59 Å². The molecule has 1 saturated heterocycles. The van der Waals surface area contributed by atoms with Gasteiger partial charge in [0.25, 0.3) is 0 Å². The number of nitrogens with zero attached hydrogens (tertiary/aromatic N) is 1. The van der Waals surface area contributed by atoms with Crippen LogP contribution in [0.15, 0.2) is 72.8 Å². The minimum absolute atomic E-state index is 0.0263. The highest BCUT2D eigenvalue weighted by Crippen LogP contribution is 2.39. The lowest BCUT2D eigenvalue weighted by Gasteiger charge is -2.41. The van der Waals surface area contributed by atoms with Crippen LogP contribution in [0.4, 0.5) is 0 Å². The third-order valence-corrected chi connectivity index (χ3v) is 6.00. The maximum Gasteiger partial charge on any atom is 0.311 e. The highest BCUT2D eigenvalue weighted by Gasteiger charge is 2.45. The Labute approximate surface area is 177 Å². The van der Waals surface area contributed by atoms with Gasteiger partial charge in [-0.2, -0.15) is 0 Å². The van der Waals surface area contributed by atoms with Gasteiger partial charge in [-0.1, -0.05) is 78.7 Å². The smallest absolute Gasteiger partial charge is 0.311 e. The number of ether oxygens (including phenoxy) is 1. The van der Waals surface area contributed by atoms with E-state index < -0.39 is 23.9 Å². The number of terminal acetylenes is 1. The Morgan fingerprint density at radius 3 is 2.53 bits per heavy atom. The molecule has 1 aliphatic heterocycles. The van der Waals surface area contributed by atoms with Gasteiger partial charge in [-0.25, -0.2) is 0 Å². The lowest BCUT2D eigenvalue weighted by atomic mass is 9.71. The molecule has 0 aromatic heterocycles. The number of carbonyl (C=O) groups excluding carboxylic acids is 2. The number of allylic oxidation sites excluding steroid dienone is 2. The third-order valence-electron chi connectivity index (χ3n) is 6.00. The maximum atomic E-state index is 13.3. The number of hydrogen-bond donors (Lipinski definition) is 0. The van der Waals surface area contributed by atoms with Gasteiger partial charge in [-0.3, -0.25) is 9.59 Å². The molecule has 4 heteroatoms. The Kier molecular flexibility index (Phi) is 5.99. The van der Waals surface area contributed by atoms with Gasteiger partial charge in [-0.05, 0) is 24.3 Å². The Morgan fingerprint density at radius 1 is 1.13 bits per heavy atom. The van der Waals surface area contributed by atoms with Crippen LogP contribution in [0.5, 0.6) is 0 Å². The molecule has 1 heterocycles. The second-order valence-electron chi connectivity index (χ2n) is 7.89. The van der Waals surface area contributed by atoms with Gasteiger partial charge >= 0.3 is 5.97 Å². The van der Waals surface area contributed by atoms with Crippen LogP contribution in [0.1, 0.15) is 30.1 Å². The van der Waals surface area contributed by atoms with Crippen molar-refractivity contribution in [1.82, 2.24) is 4.90 Å². The quantitative estimate of drug-likeness (QED) is 0.431. The number of rotatable bonds is 5. The molecule has 0 saturated carbocycles. The summed E-state index contributed by atoms with van der Waals surface area (Å²) < 4.78 is 5.70. The average Bonchev–Trinajstić information content (AvgIpc) is 2.80. The van der Waals surface area contributed by atoms with Crippen molar-refractivity contribution in [3.63, 3.8) is 0 Å². The highest BCUT2D eigenvalue weighted by atomic mass is 16.5. The number of benzene rings is 2. The molecule has 1 amide bonds. The van der Waals surface area contributed by atoms with Crippen molar-refractivity contribution >= 4 is 11.9 Å². The summed E-state index contributed by atoms with van der Waals surface area (Å²) in [5.41, 5.74) is 1.85. The first-order valence-corrected chi connectivity index (χ1v) is 10.4. The molecule has 4 rings (SSSR count). The van der Waals surface area contributed by atoms with Crippen molar-refractivity contribution in [2.45, 2.75) is 25.5 Å². The summed E-state index contributed by atoms with van der Waals surface area (Å²) in [6, 6.07) is 19.2. The lowest BCUT2D eigenvalue weighted by molar-refractivity contribution is -0.161. The number of amides is 1. The van der Waals surface area contributed by atoms with Crippen molar-refractivity contribution in [3.05, 3.63) is 83.9 Å². The summed E-state index contributed by atoms with van der Waals surface area (Å²) in [7, 11) is 0. The molecule has 30 heavy (non-hydrogen) atoms. The summed E-state index contributed by atoms with van der Waals surface area (Å²) in [5, 5.41) is 0. The molecule has 1 aliphatic carbocycles. The molecule has 1 fully saturated rings. The van der Waals surface area contributed by atoms with Crippen LogP contribution in [0.3, 0.4) is 0 Å². The summed E-state index contributed by atoms with van der Waals surface area (Å²) in [6.07, 6.45) is 10.3. The van der Waals surface area contributed by atoms with Crippen LogP contribution in [-0.4, -0.2) is 23.3 Å². The Morgan fingerprint density at radius 2 is 1.83 bits per heavy atom. The zero-order valence-corrected chi connectivity index (χ0v) is 16.8. The summed E-state index contributed by atoms with van der Waals surface area (Å²) in [6.45, 7) is 1.25. The molecule has 0 bridgehead atoms. The van der Waals surface area contributed by atoms with Crippen LogP contribution in [0.2, 0.25) is 0 Å². The van der Waals surface area contributed by atoms with E-state index in [-0.39, 0.29) is 11.8 Å². The summed E-state index contributed by atoms with van der Waals surface area (Å²) >= 11 is 0. The molecule has 0 radical (unpaired) electrons. The molecule has 2 aliphatic rings. The highest BCUT2D eigenvalue weighted by molar-refractivity contribution is 5.87. The topological polar surface area (TPSA) is 46.6 Å². The molecule has 0 unspecified atom stereocenters. The van der Waals surface area contributed by atoms with Crippen LogP contribution < -0.4 is 0 Å². The molecule has 152 valence electrons. The maximum absolute atomic E-state index is 13.3. The monoisotopic (exact) mass is 399 g/mol. The Hall–Kier alpha value is -3.32. The van der Waals surface area contributed by atoms with Crippen LogP contribution in [0, 0.1) is 30.1 Å². The minimum Gasteiger partial charge on any atom is -0.444 e. The van der Waals surface area contributed by atoms with Gasteiger partial charge < -0.3 is 9.64 Å². The zero-order chi connectivity index (χ0) is 20.9. The van der Waals surface area contributed by atoms with E-state index in [2.05, 4.69) is 12.0 Å². The van der Waals surface area contributed by atoms with Gasteiger partial charge in [0.1, 0.15) is 0 Å². The van der Waals surface area contributed by atoms with E-state index in [1.54, 1.807) is 0 Å². The van der Waals surface area contributed by atoms with Crippen molar-refractivity contribution in [3.8, 4) is 12.3 Å². The van der Waals surface area contributed by atoms with Gasteiger partial charge in [0, 0.05) is 18.7 Å². The number of hydrogen-bond acceptors (Lipinski definition) is 3. The summed E-state index contributed by atoms with van der Waals surface area (Å²) in [4.78, 5) is 28.3. The zero-order valence-electron chi connectivity index (χ0n) is 16.8. The van der Waals surface area contributed by atoms with Gasteiger partial charge in [0.15, 0.2) is 6.10 Å². The molecule has 4 nitrogen and oxygen atoms in total. The van der Waals surface area contributed by atoms with Crippen LogP contribution in [0.25, 0.3) is 0 Å². The minimum atomic E-state index is -0.748. The first-order valence-electron chi connectivity index (χ1n) is 10.4. The Balaban J connectivity index is 1.50. The van der Waals surface area contributed by atoms with E-state index in [4.69, 9.17) is 11.2 Å². The number of likely N-dealkylation sites (tertiary alicyclic amines) is 1. The van der Waals surface area contributed by atoms with Crippen molar-refractivity contribution in [2.75, 3.05) is 6.54 Å². The first-order chi connectivity index (χ1) is 14.7. The van der Waals surface area contributed by atoms with Crippen LogP contribution in [-0.2, 0) is 20.9 Å². The van der Waals surface area contributed by atoms with Crippen molar-refractivity contribution < 1.29 is 14.3 Å². The number of piperidine rings is 1. The Bertz CT molecular complexity index is 961. The molecular weight excluding hydrogens is 374 g/mol. The molecule has 0 N–H and O–H groups in total. The number of fused-ring (bicyclic) bond motifs is 1. The van der Waals surface area contributed by atoms with E-state index in [0.717, 1.165) is 17.5 Å². The van der Waals surface area contributed by atoms with E-state index in [0.29, 0.717) is 19.5 Å². The third kappa shape index (κ3) is 4.16. The van der Waals surface area contributed by atoms with Crippen molar-refractivity contribution in [1.29, 1.82) is 0 Å². The fourth-order valence-electron chi connectivity index (χ4n) is 4.45. The molecule has 2 aromatic rings. The molecular formula is C26H25NO3. The molecule has 4 atom stereocenters. The number of carbonyl (C=O) groups is 2.